The van der Waals surface area contributed by atoms with Crippen molar-refractivity contribution >= 4 is 29.4 Å². The first-order valence-electron chi connectivity index (χ1n) is 7.18. The van der Waals surface area contributed by atoms with Crippen LogP contribution in [0.4, 0.5) is 15.0 Å². The summed E-state index contributed by atoms with van der Waals surface area (Å²) in [5, 5.41) is 17.8. The van der Waals surface area contributed by atoms with Gasteiger partial charge in [0.1, 0.15) is 11.6 Å². The zero-order valence-electron chi connectivity index (χ0n) is 12.6. The molecule has 0 atom stereocenters. The van der Waals surface area contributed by atoms with Gasteiger partial charge < -0.3 is 10.4 Å². The van der Waals surface area contributed by atoms with Crippen LogP contribution in [0.5, 0.6) is 0 Å². The highest BCUT2D eigenvalue weighted by Gasteiger charge is 2.09. The number of amides is 2. The molecule has 2 aromatic rings. The van der Waals surface area contributed by atoms with Crippen molar-refractivity contribution in [3.8, 4) is 0 Å². The zero-order valence-corrected chi connectivity index (χ0v) is 13.4. The minimum absolute atomic E-state index is 0.0135. The van der Waals surface area contributed by atoms with E-state index in [2.05, 4.69) is 15.7 Å². The summed E-state index contributed by atoms with van der Waals surface area (Å²) in [4.78, 5) is 22.2. The molecule has 0 spiro atoms. The van der Waals surface area contributed by atoms with Crippen molar-refractivity contribution in [1.29, 1.82) is 0 Å². The van der Waals surface area contributed by atoms with Crippen molar-refractivity contribution in [2.75, 3.05) is 11.9 Å². The average molecular weight is 355 g/mol. The number of rotatable bonds is 7. The lowest BCUT2D eigenvalue weighted by molar-refractivity contribution is -0.137. The zero-order chi connectivity index (χ0) is 17.5. The van der Waals surface area contributed by atoms with Crippen LogP contribution in [0.25, 0.3) is 0 Å². The Labute approximate surface area is 142 Å². The van der Waals surface area contributed by atoms with Crippen LogP contribution in [0.1, 0.15) is 18.4 Å². The highest BCUT2D eigenvalue weighted by Crippen LogP contribution is 2.17. The van der Waals surface area contributed by atoms with E-state index in [1.165, 1.54) is 23.0 Å². The van der Waals surface area contributed by atoms with Crippen molar-refractivity contribution in [2.45, 2.75) is 19.4 Å². The van der Waals surface area contributed by atoms with Gasteiger partial charge in [-0.15, -0.1) is 0 Å². The summed E-state index contributed by atoms with van der Waals surface area (Å²) in [6, 6.07) is 5.56. The number of nitrogens with one attached hydrogen (secondary N) is 2. The third kappa shape index (κ3) is 5.24. The van der Waals surface area contributed by atoms with Crippen molar-refractivity contribution in [2.24, 2.45) is 0 Å². The van der Waals surface area contributed by atoms with Crippen molar-refractivity contribution in [3.63, 3.8) is 0 Å². The number of nitrogens with zero attached hydrogens (tertiary/aromatic N) is 2. The molecule has 9 heteroatoms. The number of benzene rings is 1. The summed E-state index contributed by atoms with van der Waals surface area (Å²) < 4.78 is 15.0. The molecule has 3 N–H and O–H groups in total. The van der Waals surface area contributed by atoms with E-state index < -0.39 is 17.8 Å². The number of carbonyl (C=O) groups is 2. The molecule has 1 heterocycles. The van der Waals surface area contributed by atoms with E-state index >= 15 is 0 Å². The molecule has 0 saturated carbocycles. The van der Waals surface area contributed by atoms with Crippen molar-refractivity contribution in [3.05, 3.63) is 46.9 Å². The number of carboxylic acid groups (broad SMARTS) is 1. The van der Waals surface area contributed by atoms with E-state index in [9.17, 15) is 14.0 Å². The van der Waals surface area contributed by atoms with Gasteiger partial charge >= 0.3 is 12.0 Å². The largest absolute Gasteiger partial charge is 0.481 e. The van der Waals surface area contributed by atoms with Crippen LogP contribution in [0.3, 0.4) is 0 Å². The molecule has 0 aliphatic rings. The molecule has 0 aliphatic heterocycles. The van der Waals surface area contributed by atoms with Crippen LogP contribution in [0.15, 0.2) is 30.5 Å². The molecule has 0 bridgehead atoms. The lowest BCUT2D eigenvalue weighted by Gasteiger charge is -2.10. The summed E-state index contributed by atoms with van der Waals surface area (Å²) in [6.45, 7) is 0.504. The maximum atomic E-state index is 13.5. The van der Waals surface area contributed by atoms with Crippen LogP contribution < -0.4 is 10.6 Å². The predicted octanol–water partition coefficient (Wildman–Crippen LogP) is 2.71. The Bertz CT molecular complexity index is 735. The summed E-state index contributed by atoms with van der Waals surface area (Å²) in [5.74, 6) is -1.00. The second-order valence-electron chi connectivity index (χ2n) is 5.00. The van der Waals surface area contributed by atoms with Gasteiger partial charge in [0.05, 0.1) is 17.8 Å². The van der Waals surface area contributed by atoms with Crippen LogP contribution in [0, 0.1) is 5.82 Å². The molecule has 24 heavy (non-hydrogen) atoms. The lowest BCUT2D eigenvalue weighted by Crippen LogP contribution is -2.30. The first kappa shape index (κ1) is 17.7. The van der Waals surface area contributed by atoms with Gasteiger partial charge in [0.15, 0.2) is 0 Å². The predicted molar refractivity (Wildman–Crippen MR) is 86.6 cm³/mol. The van der Waals surface area contributed by atoms with E-state index in [0.717, 1.165) is 0 Å². The molecule has 0 aliphatic carbocycles. The number of halogens is 2. The van der Waals surface area contributed by atoms with E-state index in [1.807, 2.05) is 0 Å². The smallest absolute Gasteiger partial charge is 0.320 e. The second kappa shape index (κ2) is 8.30. The van der Waals surface area contributed by atoms with Crippen LogP contribution in [-0.2, 0) is 11.3 Å². The van der Waals surface area contributed by atoms with Crippen molar-refractivity contribution < 1.29 is 19.1 Å². The van der Waals surface area contributed by atoms with Gasteiger partial charge in [-0.25, -0.2) is 13.9 Å². The molecule has 0 unspecified atom stereocenters. The summed E-state index contributed by atoms with van der Waals surface area (Å²) in [7, 11) is 0. The Balaban J connectivity index is 1.91. The molecule has 0 fully saturated rings. The Morgan fingerprint density at radius 3 is 2.83 bits per heavy atom. The Morgan fingerprint density at radius 2 is 2.12 bits per heavy atom. The number of anilines is 1. The normalized spacial score (nSPS) is 10.4. The fourth-order valence-electron chi connectivity index (χ4n) is 1.98. The average Bonchev–Trinajstić information content (AvgIpc) is 2.94. The molecular formula is C15H16ClFN4O3. The summed E-state index contributed by atoms with van der Waals surface area (Å²) >= 11 is 5.64. The Morgan fingerprint density at radius 1 is 1.33 bits per heavy atom. The monoisotopic (exact) mass is 354 g/mol. The minimum atomic E-state index is -0.912. The molecule has 0 saturated heterocycles. The van der Waals surface area contributed by atoms with Crippen LogP contribution >= 0.6 is 11.6 Å². The maximum Gasteiger partial charge on any atom is 0.320 e. The molecular weight excluding hydrogens is 339 g/mol. The SMILES string of the molecule is O=C(O)CCCNC(=O)Nc1ccnn1Cc1ccc(Cl)c(F)c1. The highest BCUT2D eigenvalue weighted by molar-refractivity contribution is 6.30. The lowest BCUT2D eigenvalue weighted by atomic mass is 10.2. The molecule has 128 valence electrons. The minimum Gasteiger partial charge on any atom is -0.481 e. The number of aromatic nitrogens is 2. The second-order valence-corrected chi connectivity index (χ2v) is 5.41. The van der Waals surface area contributed by atoms with E-state index in [4.69, 9.17) is 16.7 Å². The first-order chi connectivity index (χ1) is 11.5. The maximum absolute atomic E-state index is 13.5. The fourth-order valence-corrected chi connectivity index (χ4v) is 2.10. The third-order valence-corrected chi connectivity index (χ3v) is 3.43. The molecule has 7 nitrogen and oxygen atoms in total. The number of aliphatic carboxylic acids is 1. The Hall–Kier alpha value is -2.61. The molecule has 1 aromatic carbocycles. The first-order valence-corrected chi connectivity index (χ1v) is 7.56. The molecule has 2 amide bonds. The van der Waals surface area contributed by atoms with Gasteiger partial charge in [-0.3, -0.25) is 10.1 Å². The van der Waals surface area contributed by atoms with E-state index in [1.54, 1.807) is 12.1 Å². The van der Waals surface area contributed by atoms with Gasteiger partial charge in [0.25, 0.3) is 0 Å². The van der Waals surface area contributed by atoms with Gasteiger partial charge in [0, 0.05) is 19.0 Å². The quantitative estimate of drug-likeness (QED) is 0.666. The molecule has 2 rings (SSSR count). The van der Waals surface area contributed by atoms with Gasteiger partial charge in [0.2, 0.25) is 0 Å². The standard InChI is InChI=1S/C15H16ClFN4O3/c16-11-4-3-10(8-12(11)17)9-21-13(5-7-19-21)20-15(24)18-6-1-2-14(22)23/h3-5,7-8H,1-2,6,9H2,(H,22,23)(H2,18,20,24). The van der Waals surface area contributed by atoms with Crippen molar-refractivity contribution in [1.82, 2.24) is 15.1 Å². The van der Waals surface area contributed by atoms with Gasteiger partial charge in [-0.05, 0) is 24.1 Å². The van der Waals surface area contributed by atoms with Crippen LogP contribution in [0.2, 0.25) is 5.02 Å². The van der Waals surface area contributed by atoms with Gasteiger partial charge in [-0.1, -0.05) is 17.7 Å². The number of urea groups is 1. The molecule has 0 radical (unpaired) electrons. The summed E-state index contributed by atoms with van der Waals surface area (Å²) in [6.07, 6.45) is 1.83. The van der Waals surface area contributed by atoms with E-state index in [0.29, 0.717) is 17.8 Å². The number of hydrogen-bond donors (Lipinski definition) is 3. The highest BCUT2D eigenvalue weighted by atomic mass is 35.5. The number of carbonyl (C=O) groups excluding carboxylic acids is 1. The van der Waals surface area contributed by atoms with Gasteiger partial charge in [-0.2, -0.15) is 5.10 Å². The third-order valence-electron chi connectivity index (χ3n) is 3.13. The van der Waals surface area contributed by atoms with Crippen LogP contribution in [-0.4, -0.2) is 33.4 Å². The number of carboxylic acids is 1. The molecule has 1 aromatic heterocycles. The fraction of sp³-hybridized carbons (Fsp3) is 0.267. The number of hydrogen-bond acceptors (Lipinski definition) is 3. The Kier molecular flexibility index (Phi) is 6.14. The summed E-state index contributed by atoms with van der Waals surface area (Å²) in [5.41, 5.74) is 0.644. The van der Waals surface area contributed by atoms with E-state index in [-0.39, 0.29) is 24.5 Å². The topological polar surface area (TPSA) is 96.2 Å².